The van der Waals surface area contributed by atoms with Crippen molar-refractivity contribution in [2.45, 2.75) is 88.9 Å². The Bertz CT molecular complexity index is 440. The molecule has 0 unspecified atom stereocenters. The number of rotatable bonds is 0. The summed E-state index contributed by atoms with van der Waals surface area (Å²) in [6.07, 6.45) is 0. The van der Waals surface area contributed by atoms with Crippen LogP contribution < -0.4 is 0 Å². The zero-order valence-corrected chi connectivity index (χ0v) is 22.2. The van der Waals surface area contributed by atoms with E-state index in [0.717, 1.165) is 4.28 Å². The van der Waals surface area contributed by atoms with E-state index in [1.54, 1.807) is 6.04 Å². The Morgan fingerprint density at radius 1 is 0.500 bits per heavy atom. The molecule has 2 fully saturated rings. The van der Waals surface area contributed by atoms with Gasteiger partial charge in [0.1, 0.15) is 0 Å². The molecular formula is C14H38Si6. The Morgan fingerprint density at radius 3 is 1.05 bits per heavy atom. The van der Waals surface area contributed by atoms with Crippen LogP contribution in [0.2, 0.25) is 88.9 Å². The lowest BCUT2D eigenvalue weighted by molar-refractivity contribution is 1.02. The van der Waals surface area contributed by atoms with Crippen molar-refractivity contribution in [1.29, 1.82) is 0 Å². The van der Waals surface area contributed by atoms with Gasteiger partial charge in [-0.3, -0.25) is 0 Å². The molecule has 0 nitrogen and oxygen atoms in total. The lowest BCUT2D eigenvalue weighted by Gasteiger charge is -2.79. The van der Waals surface area contributed by atoms with Crippen LogP contribution >= 0.6 is 0 Å². The molecule has 0 amide bonds. The molecule has 0 radical (unpaired) electrons. The lowest BCUT2D eigenvalue weighted by Crippen LogP contribution is -2.96. The molecule has 6 heteroatoms. The van der Waals surface area contributed by atoms with Crippen LogP contribution in [0.1, 0.15) is 0 Å². The fourth-order valence-corrected chi connectivity index (χ4v) is 142. The largest absolute Gasteiger partial charge is 0.0731 e. The highest BCUT2D eigenvalue weighted by molar-refractivity contribution is 7.88. The third-order valence-electron chi connectivity index (χ3n) is 10.3. The molecule has 20 heavy (non-hydrogen) atoms. The first-order chi connectivity index (χ1) is 8.46. The monoisotopic (exact) mass is 374 g/mol. The van der Waals surface area contributed by atoms with Crippen molar-refractivity contribution < 1.29 is 0 Å². The smallest absolute Gasteiger partial charge is 0.0389 e. The maximum atomic E-state index is 2.88. The second kappa shape index (κ2) is 3.85. The summed E-state index contributed by atoms with van der Waals surface area (Å²) in [5.74, 6) is 0. The Balaban J connectivity index is 2.76. The Hall–Kier alpha value is 1.30. The first-order valence-electron chi connectivity index (χ1n) is 8.46. The van der Waals surface area contributed by atoms with E-state index in [-0.39, 0.29) is 0 Å². The van der Waals surface area contributed by atoms with Gasteiger partial charge < -0.3 is 0 Å². The molecule has 0 aromatic carbocycles. The minimum absolute atomic E-state index is 0.900. The van der Waals surface area contributed by atoms with Crippen LogP contribution in [-0.4, -0.2) is 44.6 Å². The van der Waals surface area contributed by atoms with Gasteiger partial charge in [-0.2, -0.15) is 0 Å². The zero-order chi connectivity index (χ0) is 16.2. The summed E-state index contributed by atoms with van der Waals surface area (Å²) >= 11 is 0. The van der Waals surface area contributed by atoms with Crippen LogP contribution in [0.15, 0.2) is 0 Å². The van der Waals surface area contributed by atoms with Crippen molar-refractivity contribution in [1.82, 2.24) is 0 Å². The Morgan fingerprint density at radius 2 is 0.800 bits per heavy atom. The van der Waals surface area contributed by atoms with Gasteiger partial charge in [-0.15, -0.1) is 0 Å². The van der Waals surface area contributed by atoms with Gasteiger partial charge >= 0.3 is 0 Å². The van der Waals surface area contributed by atoms with Crippen LogP contribution in [0, 0.1) is 0 Å². The van der Waals surface area contributed by atoms with Crippen molar-refractivity contribution >= 4 is 44.6 Å². The van der Waals surface area contributed by atoms with E-state index in [0.29, 0.717) is 0 Å². The van der Waals surface area contributed by atoms with Crippen LogP contribution in [0.5, 0.6) is 0 Å². The van der Waals surface area contributed by atoms with Crippen molar-refractivity contribution in [2.24, 2.45) is 0 Å². The molecule has 2 rings (SSSR count). The molecule has 0 N–H and O–H groups in total. The Kier molecular flexibility index (Phi) is 3.40. The highest BCUT2D eigenvalue weighted by Gasteiger charge is 2.87. The molecule has 0 bridgehead atoms. The van der Waals surface area contributed by atoms with Crippen LogP contribution in [0.4, 0.5) is 0 Å². The predicted molar refractivity (Wildman–Crippen MR) is 112 cm³/mol. The van der Waals surface area contributed by atoms with Crippen molar-refractivity contribution in [3.63, 3.8) is 0 Å². The molecule has 2 heterocycles. The maximum absolute atomic E-state index is 2.88. The molecular weight excluding hydrogens is 337 g/mol. The van der Waals surface area contributed by atoms with Gasteiger partial charge in [-0.1, -0.05) is 88.9 Å². The first kappa shape index (κ1) is 17.7. The molecule has 2 aliphatic heterocycles. The van der Waals surface area contributed by atoms with Crippen LogP contribution in [-0.2, 0) is 0 Å². The van der Waals surface area contributed by atoms with Gasteiger partial charge in [0.25, 0.3) is 0 Å². The molecule has 2 aliphatic rings. The average molecular weight is 375 g/mol. The summed E-state index contributed by atoms with van der Waals surface area (Å²) in [5.41, 5.74) is 0. The molecule has 0 saturated carbocycles. The molecule has 0 aliphatic carbocycles. The lowest BCUT2D eigenvalue weighted by atomic mass is 10.9. The normalized spacial score (nSPS) is 36.6. The van der Waals surface area contributed by atoms with Crippen LogP contribution in [0.25, 0.3) is 0 Å². The number of hydrogen-bond acceptors (Lipinski definition) is 0. The molecule has 1 spiro atoms. The van der Waals surface area contributed by atoms with E-state index in [1.165, 1.54) is 0 Å². The second-order valence-electron chi connectivity index (χ2n) is 11.1. The summed E-state index contributed by atoms with van der Waals surface area (Å²) in [7, 11) is -5.92. The molecule has 0 atom stereocenters. The van der Waals surface area contributed by atoms with Crippen molar-refractivity contribution in [3.8, 4) is 0 Å². The molecule has 118 valence electrons. The van der Waals surface area contributed by atoms with Gasteiger partial charge in [-0.25, -0.2) is 0 Å². The van der Waals surface area contributed by atoms with E-state index in [1.807, 2.05) is 0 Å². The van der Waals surface area contributed by atoms with Gasteiger partial charge in [0.2, 0.25) is 0 Å². The number of hydrogen-bond donors (Lipinski definition) is 0. The van der Waals surface area contributed by atoms with Gasteiger partial charge in [0.05, 0.1) is 0 Å². The third kappa shape index (κ3) is 1.31. The average Bonchev–Trinajstić information content (AvgIpc) is 2.33. The van der Waals surface area contributed by atoms with E-state index in [2.05, 4.69) is 78.6 Å². The van der Waals surface area contributed by atoms with Gasteiger partial charge in [0, 0.05) is 44.6 Å². The minimum atomic E-state index is -1.07. The highest BCUT2D eigenvalue weighted by atomic mass is 29.7. The van der Waals surface area contributed by atoms with E-state index in [4.69, 9.17) is 0 Å². The van der Waals surface area contributed by atoms with E-state index >= 15 is 0 Å². The zero-order valence-electron chi connectivity index (χ0n) is 16.2. The summed E-state index contributed by atoms with van der Waals surface area (Å²) < 4.78 is 1.01. The minimum Gasteiger partial charge on any atom is -0.0731 e. The summed E-state index contributed by atoms with van der Waals surface area (Å²) in [4.78, 5) is 0. The summed E-state index contributed by atoms with van der Waals surface area (Å²) in [5, 5.41) is 0. The fourth-order valence-electron chi connectivity index (χ4n) is 7.06. The molecule has 0 aromatic rings. The first-order valence-corrected chi connectivity index (χ1v) is 30.7. The maximum Gasteiger partial charge on any atom is 0.0389 e. The summed E-state index contributed by atoms with van der Waals surface area (Å²) in [6.45, 7) is 34.1. The summed E-state index contributed by atoms with van der Waals surface area (Å²) in [6, 6.07) is 1.77. The predicted octanol–water partition coefficient (Wildman–Crippen LogP) is 5.40. The fraction of sp³-hybridized carbons (Fsp3) is 1.00. The topological polar surface area (TPSA) is 0 Å². The SMILES string of the molecule is C[Si]1(C)CC2([Si](C)(C)[Si]1(C)C)[Si](C)(C)[Si](C)(C)[Si]2(C)C. The van der Waals surface area contributed by atoms with Crippen LogP contribution in [0.3, 0.4) is 0 Å². The van der Waals surface area contributed by atoms with E-state index < -0.39 is 44.6 Å². The molecule has 2 saturated heterocycles. The standard InChI is InChI=1S/C14H38Si6/c1-15(2)13-14(16(3,4)19(15,9)10)17(5,6)20(11,12)18(14,7)8/h13H2,1-12H3. The van der Waals surface area contributed by atoms with E-state index in [9.17, 15) is 0 Å². The second-order valence-corrected chi connectivity index (χ2v) is 68.8. The quantitative estimate of drug-likeness (QED) is 0.498. The third-order valence-corrected chi connectivity index (χ3v) is 114. The highest BCUT2D eigenvalue weighted by Crippen LogP contribution is 2.76. The van der Waals surface area contributed by atoms with Crippen molar-refractivity contribution in [2.75, 3.05) is 0 Å². The molecule has 0 aromatic heterocycles. The van der Waals surface area contributed by atoms with Gasteiger partial charge in [0.15, 0.2) is 0 Å². The Labute approximate surface area is 133 Å². The van der Waals surface area contributed by atoms with Gasteiger partial charge in [-0.05, 0) is 0 Å². The van der Waals surface area contributed by atoms with Crippen molar-refractivity contribution in [3.05, 3.63) is 0 Å².